The maximum atomic E-state index is 11.5. The first kappa shape index (κ1) is 21.4. The number of aliphatic hydroxyl groups excluding tert-OH is 1. The lowest BCUT2D eigenvalue weighted by atomic mass is 9.89. The van der Waals surface area contributed by atoms with Gasteiger partial charge < -0.3 is 10.2 Å². The molecule has 0 heterocycles. The molecule has 0 bridgehead atoms. The first-order valence-corrected chi connectivity index (χ1v) is 9.73. The Bertz CT molecular complexity index is 520. The third-order valence-electron chi connectivity index (χ3n) is 4.57. The molecule has 1 rings (SSSR count). The zero-order valence-electron chi connectivity index (χ0n) is 15.8. The molecule has 0 aliphatic rings. The molecule has 140 valence electrons. The van der Waals surface area contributed by atoms with Crippen LogP contribution < -0.4 is 0 Å². The van der Waals surface area contributed by atoms with Crippen molar-refractivity contribution in [2.75, 3.05) is 0 Å². The predicted molar refractivity (Wildman–Crippen MR) is 104 cm³/mol. The molecule has 25 heavy (non-hydrogen) atoms. The van der Waals surface area contributed by atoms with Crippen LogP contribution in [0.4, 0.5) is 0 Å². The number of carbonyl (C=O) groups is 1. The minimum atomic E-state index is -0.853. The molecule has 2 N–H and O–H groups in total. The molecule has 0 saturated carbocycles. The minimum absolute atomic E-state index is 0.153. The molecule has 0 spiro atoms. The van der Waals surface area contributed by atoms with Gasteiger partial charge in [0.25, 0.3) is 0 Å². The highest BCUT2D eigenvalue weighted by Gasteiger charge is 2.16. The van der Waals surface area contributed by atoms with Crippen LogP contribution in [0.2, 0.25) is 0 Å². The number of hydrogen-bond donors (Lipinski definition) is 2. The molecule has 1 aromatic carbocycles. The average molecular weight is 347 g/mol. The fourth-order valence-electron chi connectivity index (χ4n) is 3.13. The van der Waals surface area contributed by atoms with Crippen molar-refractivity contribution in [3.05, 3.63) is 47.5 Å². The number of hydrogen-bond acceptors (Lipinski definition) is 2. The SMILES string of the molecule is CCCCCCC[C@@H](/C=C/CCC[C@@H](C)O)c1ccccc1C(=O)O. The van der Waals surface area contributed by atoms with Crippen molar-refractivity contribution in [3.63, 3.8) is 0 Å². The third-order valence-corrected chi connectivity index (χ3v) is 4.57. The number of carboxylic acid groups (broad SMARTS) is 1. The molecule has 2 atom stereocenters. The Labute approximate surface area is 152 Å². The van der Waals surface area contributed by atoms with E-state index in [1.54, 1.807) is 12.1 Å². The topological polar surface area (TPSA) is 57.5 Å². The summed E-state index contributed by atoms with van der Waals surface area (Å²) in [4.78, 5) is 11.5. The summed E-state index contributed by atoms with van der Waals surface area (Å²) in [5.41, 5.74) is 1.33. The van der Waals surface area contributed by atoms with E-state index in [4.69, 9.17) is 0 Å². The molecule has 0 saturated heterocycles. The smallest absolute Gasteiger partial charge is 0.335 e. The maximum Gasteiger partial charge on any atom is 0.335 e. The largest absolute Gasteiger partial charge is 0.478 e. The van der Waals surface area contributed by atoms with Gasteiger partial charge in [0.05, 0.1) is 11.7 Å². The van der Waals surface area contributed by atoms with Gasteiger partial charge in [-0.25, -0.2) is 4.79 Å². The van der Waals surface area contributed by atoms with Gasteiger partial charge in [0.15, 0.2) is 0 Å². The van der Waals surface area contributed by atoms with Crippen LogP contribution in [-0.2, 0) is 0 Å². The van der Waals surface area contributed by atoms with E-state index < -0.39 is 5.97 Å². The van der Waals surface area contributed by atoms with Crippen molar-refractivity contribution in [3.8, 4) is 0 Å². The lowest BCUT2D eigenvalue weighted by Crippen LogP contribution is -2.06. The second-order valence-electron chi connectivity index (χ2n) is 6.91. The lowest BCUT2D eigenvalue weighted by Gasteiger charge is -2.16. The van der Waals surface area contributed by atoms with Crippen molar-refractivity contribution in [1.29, 1.82) is 0 Å². The molecule has 0 aliphatic carbocycles. The van der Waals surface area contributed by atoms with Gasteiger partial charge in [-0.15, -0.1) is 0 Å². The van der Waals surface area contributed by atoms with Gasteiger partial charge in [-0.2, -0.15) is 0 Å². The van der Waals surface area contributed by atoms with E-state index in [9.17, 15) is 15.0 Å². The number of aliphatic hydroxyl groups is 1. The van der Waals surface area contributed by atoms with Crippen molar-refractivity contribution >= 4 is 5.97 Å². The molecule has 0 fully saturated rings. The van der Waals surface area contributed by atoms with Gasteiger partial charge >= 0.3 is 5.97 Å². The summed E-state index contributed by atoms with van der Waals surface area (Å²) in [6.07, 6.45) is 13.8. The monoisotopic (exact) mass is 346 g/mol. The maximum absolute atomic E-state index is 11.5. The fourth-order valence-corrected chi connectivity index (χ4v) is 3.13. The molecular formula is C22H34O3. The molecule has 0 radical (unpaired) electrons. The van der Waals surface area contributed by atoms with Crippen molar-refractivity contribution in [2.45, 2.75) is 83.7 Å². The van der Waals surface area contributed by atoms with Crippen molar-refractivity contribution < 1.29 is 15.0 Å². The number of aromatic carboxylic acids is 1. The molecule has 0 amide bonds. The van der Waals surface area contributed by atoms with Crippen molar-refractivity contribution in [1.82, 2.24) is 0 Å². The van der Waals surface area contributed by atoms with Crippen LogP contribution in [0.25, 0.3) is 0 Å². The Kier molecular flexibility index (Phi) is 10.9. The summed E-state index contributed by atoms with van der Waals surface area (Å²) < 4.78 is 0. The number of unbranched alkanes of at least 4 members (excludes halogenated alkanes) is 5. The van der Waals surface area contributed by atoms with Crippen LogP contribution in [0.1, 0.15) is 93.5 Å². The first-order chi connectivity index (χ1) is 12.1. The Morgan fingerprint density at radius 1 is 1.08 bits per heavy atom. The molecular weight excluding hydrogens is 312 g/mol. The number of carboxylic acids is 1. The van der Waals surface area contributed by atoms with Crippen LogP contribution in [0, 0.1) is 0 Å². The van der Waals surface area contributed by atoms with Gasteiger partial charge in [-0.1, -0.05) is 69.4 Å². The molecule has 0 aromatic heterocycles. The average Bonchev–Trinajstić information content (AvgIpc) is 2.59. The molecule has 3 nitrogen and oxygen atoms in total. The van der Waals surface area contributed by atoms with Gasteiger partial charge in [0, 0.05) is 5.92 Å². The molecule has 0 aliphatic heterocycles. The first-order valence-electron chi connectivity index (χ1n) is 9.73. The predicted octanol–water partition coefficient (Wildman–Crippen LogP) is 5.94. The van der Waals surface area contributed by atoms with E-state index in [-0.39, 0.29) is 12.0 Å². The highest BCUT2D eigenvalue weighted by atomic mass is 16.4. The summed E-state index contributed by atoms with van der Waals surface area (Å²) >= 11 is 0. The van der Waals surface area contributed by atoms with Crippen LogP contribution in [0.3, 0.4) is 0 Å². The van der Waals surface area contributed by atoms with Gasteiger partial charge in [-0.05, 0) is 44.2 Å². The minimum Gasteiger partial charge on any atom is -0.478 e. The zero-order chi connectivity index (χ0) is 18.5. The standard InChI is InChI=1S/C22H34O3/c1-3-4-5-6-9-14-19(15-10-7-8-13-18(2)23)20-16-11-12-17-21(20)22(24)25/h10-12,15-19,23H,3-9,13-14H2,1-2H3,(H,24,25)/b15-10+/t18-,19+/m1/s1. The van der Waals surface area contributed by atoms with Crippen LogP contribution in [0.15, 0.2) is 36.4 Å². The molecule has 3 heteroatoms. The van der Waals surface area contributed by atoms with Gasteiger partial charge in [-0.3, -0.25) is 0 Å². The number of benzene rings is 1. The highest BCUT2D eigenvalue weighted by Crippen LogP contribution is 2.28. The van der Waals surface area contributed by atoms with Gasteiger partial charge in [0.1, 0.15) is 0 Å². The molecule has 1 aromatic rings. The summed E-state index contributed by atoms with van der Waals surface area (Å²) in [5.74, 6) is -0.699. The zero-order valence-corrected chi connectivity index (χ0v) is 15.8. The van der Waals surface area contributed by atoms with E-state index in [1.807, 2.05) is 19.1 Å². The van der Waals surface area contributed by atoms with E-state index >= 15 is 0 Å². The van der Waals surface area contributed by atoms with Crippen LogP contribution >= 0.6 is 0 Å². The Morgan fingerprint density at radius 3 is 2.48 bits per heavy atom. The van der Waals surface area contributed by atoms with Crippen LogP contribution in [-0.4, -0.2) is 22.3 Å². The van der Waals surface area contributed by atoms with E-state index in [0.717, 1.165) is 37.7 Å². The Hall–Kier alpha value is -1.61. The van der Waals surface area contributed by atoms with E-state index in [0.29, 0.717) is 5.56 Å². The second-order valence-corrected chi connectivity index (χ2v) is 6.91. The van der Waals surface area contributed by atoms with Crippen molar-refractivity contribution in [2.24, 2.45) is 0 Å². The number of rotatable bonds is 13. The van der Waals surface area contributed by atoms with Gasteiger partial charge in [0.2, 0.25) is 0 Å². The number of allylic oxidation sites excluding steroid dienone is 2. The van der Waals surface area contributed by atoms with E-state index in [1.165, 1.54) is 25.7 Å². The highest BCUT2D eigenvalue weighted by molar-refractivity contribution is 5.89. The summed E-state index contributed by atoms with van der Waals surface area (Å²) in [5, 5.41) is 18.8. The normalized spacial score (nSPS) is 13.9. The quantitative estimate of drug-likeness (QED) is 0.343. The fraction of sp³-hybridized carbons (Fsp3) is 0.591. The van der Waals surface area contributed by atoms with E-state index in [2.05, 4.69) is 19.1 Å². The summed E-state index contributed by atoms with van der Waals surface area (Å²) in [6.45, 7) is 4.02. The lowest BCUT2D eigenvalue weighted by molar-refractivity contribution is 0.0695. The second kappa shape index (κ2) is 12.7. The Morgan fingerprint density at radius 2 is 1.80 bits per heavy atom. The summed E-state index contributed by atoms with van der Waals surface area (Å²) in [7, 11) is 0. The third kappa shape index (κ3) is 8.87. The Balaban J connectivity index is 2.73. The van der Waals surface area contributed by atoms with Crippen LogP contribution in [0.5, 0.6) is 0 Å². The summed E-state index contributed by atoms with van der Waals surface area (Å²) in [6, 6.07) is 7.36. The molecule has 0 unspecified atom stereocenters.